The summed E-state index contributed by atoms with van der Waals surface area (Å²) in [5, 5.41) is 4.64. The van der Waals surface area contributed by atoms with Gasteiger partial charge in [-0.2, -0.15) is 0 Å². The van der Waals surface area contributed by atoms with E-state index in [0.29, 0.717) is 0 Å². The van der Waals surface area contributed by atoms with Crippen LogP contribution >= 0.6 is 11.3 Å². The maximum atomic E-state index is 13.2. The molecule has 4 heteroatoms. The predicted octanol–water partition coefficient (Wildman–Crippen LogP) is 3.47. The maximum absolute atomic E-state index is 13.2. The van der Waals surface area contributed by atoms with E-state index in [4.69, 9.17) is 4.98 Å². The van der Waals surface area contributed by atoms with Crippen molar-refractivity contribution in [1.82, 2.24) is 10.3 Å². The third kappa shape index (κ3) is 1.93. The zero-order chi connectivity index (χ0) is 12.6. The standard InChI is InChI=1S/C14H17FN2S/c1-2-14(6-3-7-16-9-14)13-17-11-5-4-10(15)8-12(11)18-13/h4-5,8,16H,2-3,6-7,9H2,1H3. The SMILES string of the molecule is CCC1(c2nc3ccc(F)cc3s2)CCCNC1. The number of piperidine rings is 1. The number of thiazole rings is 1. The molecule has 2 nitrogen and oxygen atoms in total. The predicted molar refractivity (Wildman–Crippen MR) is 73.7 cm³/mol. The summed E-state index contributed by atoms with van der Waals surface area (Å²) in [5.74, 6) is -0.176. The van der Waals surface area contributed by atoms with Crippen LogP contribution < -0.4 is 5.32 Å². The fraction of sp³-hybridized carbons (Fsp3) is 0.500. The minimum absolute atomic E-state index is 0.151. The monoisotopic (exact) mass is 264 g/mol. The number of benzene rings is 1. The lowest BCUT2D eigenvalue weighted by Crippen LogP contribution is -2.42. The molecule has 0 radical (unpaired) electrons. The van der Waals surface area contributed by atoms with E-state index in [2.05, 4.69) is 12.2 Å². The molecule has 2 heterocycles. The quantitative estimate of drug-likeness (QED) is 0.898. The average Bonchev–Trinajstić information content (AvgIpc) is 2.83. The van der Waals surface area contributed by atoms with Crippen molar-refractivity contribution in [1.29, 1.82) is 0 Å². The molecule has 1 aromatic carbocycles. The van der Waals surface area contributed by atoms with Gasteiger partial charge in [0.2, 0.25) is 0 Å². The van der Waals surface area contributed by atoms with Crippen LogP contribution in [0.25, 0.3) is 10.2 Å². The summed E-state index contributed by atoms with van der Waals surface area (Å²) >= 11 is 1.65. The summed E-state index contributed by atoms with van der Waals surface area (Å²) in [5.41, 5.74) is 1.08. The zero-order valence-electron chi connectivity index (χ0n) is 10.5. The number of aromatic nitrogens is 1. The van der Waals surface area contributed by atoms with E-state index in [1.807, 2.05) is 0 Å². The van der Waals surface area contributed by atoms with Crippen molar-refractivity contribution in [2.24, 2.45) is 0 Å². The second kappa shape index (κ2) is 4.59. The van der Waals surface area contributed by atoms with Gasteiger partial charge >= 0.3 is 0 Å². The van der Waals surface area contributed by atoms with E-state index >= 15 is 0 Å². The Labute approximate surface area is 110 Å². The molecular formula is C14H17FN2S. The molecule has 2 aromatic rings. The topological polar surface area (TPSA) is 24.9 Å². The highest BCUT2D eigenvalue weighted by molar-refractivity contribution is 7.18. The van der Waals surface area contributed by atoms with Crippen molar-refractivity contribution in [3.63, 3.8) is 0 Å². The maximum Gasteiger partial charge on any atom is 0.124 e. The largest absolute Gasteiger partial charge is 0.316 e. The second-order valence-electron chi connectivity index (χ2n) is 5.05. The Morgan fingerprint density at radius 2 is 2.39 bits per heavy atom. The third-order valence-corrected chi connectivity index (χ3v) is 5.22. The molecule has 0 aliphatic carbocycles. The van der Waals surface area contributed by atoms with Gasteiger partial charge in [-0.3, -0.25) is 0 Å². The second-order valence-corrected chi connectivity index (χ2v) is 6.08. The number of hydrogen-bond acceptors (Lipinski definition) is 3. The fourth-order valence-corrected chi connectivity index (χ4v) is 4.01. The van der Waals surface area contributed by atoms with Gasteiger partial charge in [-0.25, -0.2) is 9.37 Å². The van der Waals surface area contributed by atoms with E-state index in [0.717, 1.165) is 34.7 Å². The molecular weight excluding hydrogens is 247 g/mol. The molecule has 1 aliphatic heterocycles. The fourth-order valence-electron chi connectivity index (χ4n) is 2.73. The van der Waals surface area contributed by atoms with Crippen molar-refractivity contribution in [3.8, 4) is 0 Å². The molecule has 1 aromatic heterocycles. The summed E-state index contributed by atoms with van der Waals surface area (Å²) in [7, 11) is 0. The van der Waals surface area contributed by atoms with Crippen LogP contribution in [0, 0.1) is 5.82 Å². The lowest BCUT2D eigenvalue weighted by atomic mass is 9.79. The first-order valence-electron chi connectivity index (χ1n) is 6.51. The van der Waals surface area contributed by atoms with Gasteiger partial charge in [0.1, 0.15) is 10.8 Å². The van der Waals surface area contributed by atoms with Crippen LogP contribution in [-0.4, -0.2) is 18.1 Å². The van der Waals surface area contributed by atoms with Crippen molar-refractivity contribution in [2.45, 2.75) is 31.6 Å². The molecule has 1 N–H and O–H groups in total. The van der Waals surface area contributed by atoms with Crippen LogP contribution in [-0.2, 0) is 5.41 Å². The highest BCUT2D eigenvalue weighted by Gasteiger charge is 2.35. The van der Waals surface area contributed by atoms with Crippen molar-refractivity contribution < 1.29 is 4.39 Å². The van der Waals surface area contributed by atoms with Gasteiger partial charge < -0.3 is 5.32 Å². The first-order chi connectivity index (χ1) is 8.73. The van der Waals surface area contributed by atoms with Crippen LogP contribution in [0.1, 0.15) is 31.2 Å². The smallest absolute Gasteiger partial charge is 0.124 e. The average molecular weight is 264 g/mol. The Hall–Kier alpha value is -1.00. The number of fused-ring (bicyclic) bond motifs is 1. The lowest BCUT2D eigenvalue weighted by Gasteiger charge is -2.35. The van der Waals surface area contributed by atoms with E-state index in [9.17, 15) is 4.39 Å². The Kier molecular flexibility index (Phi) is 3.08. The number of halogens is 1. The summed E-state index contributed by atoms with van der Waals surface area (Å²) in [6, 6.07) is 4.87. The Morgan fingerprint density at radius 1 is 1.50 bits per heavy atom. The molecule has 1 saturated heterocycles. The Morgan fingerprint density at radius 3 is 3.11 bits per heavy atom. The molecule has 18 heavy (non-hydrogen) atoms. The molecule has 0 spiro atoms. The third-order valence-electron chi connectivity index (χ3n) is 3.95. The molecule has 0 bridgehead atoms. The van der Waals surface area contributed by atoms with Gasteiger partial charge in [0, 0.05) is 12.0 Å². The molecule has 3 rings (SSSR count). The lowest BCUT2D eigenvalue weighted by molar-refractivity contribution is 0.302. The molecule has 0 amide bonds. The Bertz CT molecular complexity index is 558. The molecule has 1 atom stereocenters. The van der Waals surface area contributed by atoms with Crippen LogP contribution in [0.2, 0.25) is 0 Å². The molecule has 1 aliphatic rings. The minimum Gasteiger partial charge on any atom is -0.316 e. The van der Waals surface area contributed by atoms with Gasteiger partial charge in [0.25, 0.3) is 0 Å². The summed E-state index contributed by atoms with van der Waals surface area (Å²) in [4.78, 5) is 4.73. The van der Waals surface area contributed by atoms with E-state index in [-0.39, 0.29) is 11.2 Å². The molecule has 96 valence electrons. The summed E-state index contributed by atoms with van der Waals surface area (Å²) < 4.78 is 14.2. The van der Waals surface area contributed by atoms with Gasteiger partial charge in [-0.05, 0) is 44.0 Å². The van der Waals surface area contributed by atoms with Crippen molar-refractivity contribution >= 4 is 21.6 Å². The summed E-state index contributed by atoms with van der Waals surface area (Å²) in [6.45, 7) is 4.31. The van der Waals surface area contributed by atoms with E-state index < -0.39 is 0 Å². The first-order valence-corrected chi connectivity index (χ1v) is 7.32. The highest BCUT2D eigenvalue weighted by Crippen LogP contribution is 2.38. The molecule has 1 unspecified atom stereocenters. The van der Waals surface area contributed by atoms with Crippen LogP contribution in [0.5, 0.6) is 0 Å². The van der Waals surface area contributed by atoms with Gasteiger partial charge in [-0.1, -0.05) is 6.92 Å². The van der Waals surface area contributed by atoms with E-state index in [1.54, 1.807) is 23.5 Å². The van der Waals surface area contributed by atoms with Gasteiger partial charge in [-0.15, -0.1) is 11.3 Å². The highest BCUT2D eigenvalue weighted by atomic mass is 32.1. The Balaban J connectivity index is 2.06. The van der Waals surface area contributed by atoms with Gasteiger partial charge in [0.05, 0.1) is 10.2 Å². The minimum atomic E-state index is -0.176. The van der Waals surface area contributed by atoms with Crippen molar-refractivity contribution in [3.05, 3.63) is 29.0 Å². The van der Waals surface area contributed by atoms with Crippen molar-refractivity contribution in [2.75, 3.05) is 13.1 Å². The number of nitrogens with one attached hydrogen (secondary N) is 1. The number of rotatable bonds is 2. The molecule has 1 fully saturated rings. The van der Waals surface area contributed by atoms with Crippen LogP contribution in [0.15, 0.2) is 18.2 Å². The van der Waals surface area contributed by atoms with E-state index in [1.165, 1.54) is 18.9 Å². The van der Waals surface area contributed by atoms with Crippen LogP contribution in [0.3, 0.4) is 0 Å². The van der Waals surface area contributed by atoms with Crippen LogP contribution in [0.4, 0.5) is 4.39 Å². The normalized spacial score (nSPS) is 24.6. The number of nitrogens with zero attached hydrogens (tertiary/aromatic N) is 1. The summed E-state index contributed by atoms with van der Waals surface area (Å²) in [6.07, 6.45) is 3.46. The number of hydrogen-bond donors (Lipinski definition) is 1. The first kappa shape index (κ1) is 12.1. The zero-order valence-corrected chi connectivity index (χ0v) is 11.3. The molecule has 0 saturated carbocycles. The van der Waals surface area contributed by atoms with Gasteiger partial charge in [0.15, 0.2) is 0 Å².